The third-order valence-corrected chi connectivity index (χ3v) is 4.62. The van der Waals surface area contributed by atoms with Crippen molar-refractivity contribution in [2.45, 2.75) is 19.8 Å². The minimum Gasteiger partial charge on any atom is -0.333 e. The Labute approximate surface area is 134 Å². The number of nitrogens with zero attached hydrogens (tertiary/aromatic N) is 1. The van der Waals surface area contributed by atoms with Gasteiger partial charge in [0.25, 0.3) is 5.91 Å². The fourth-order valence-corrected chi connectivity index (χ4v) is 3.06. The molecule has 0 aliphatic carbocycles. The van der Waals surface area contributed by atoms with Crippen molar-refractivity contribution in [3.05, 3.63) is 29.8 Å². The lowest BCUT2D eigenvalue weighted by atomic mass is 10.2. The molecule has 0 spiro atoms. The maximum atomic E-state index is 12.1. The topological polar surface area (TPSA) is 84.9 Å². The summed E-state index contributed by atoms with van der Waals surface area (Å²) in [6, 6.07) is 6.03. The monoisotopic (exact) mass is 336 g/mol. The van der Waals surface area contributed by atoms with Crippen molar-refractivity contribution >= 4 is 25.1 Å². The second-order valence-corrected chi connectivity index (χ2v) is 6.61. The molecule has 0 aromatic heterocycles. The van der Waals surface area contributed by atoms with E-state index in [1.807, 2.05) is 0 Å². The average molecular weight is 336 g/mol. The molecule has 1 atom stereocenters. The summed E-state index contributed by atoms with van der Waals surface area (Å²) in [5, 5.41) is 3.70. The number of hydrogen-bond donors (Lipinski definition) is 1. The number of terminal acetylenes is 1. The summed E-state index contributed by atoms with van der Waals surface area (Å²) in [7, 11) is -3.38. The molecular formula is C15H17N2O5P. The molecule has 1 aromatic rings. The fraction of sp³-hybridized carbons (Fsp3) is 0.333. The standard InChI is InChI=1S/C15H17N2O5P/c1-3-21-23(20,4-2)16-13-9-7-12(8-10-13)15(19)22-17-11-5-6-14(17)18/h2,7-10H,3,5-6,11H2,1H3,(H,16,20). The lowest BCUT2D eigenvalue weighted by Gasteiger charge is -2.15. The molecule has 1 N–H and O–H groups in total. The Balaban J connectivity index is 2.01. The van der Waals surface area contributed by atoms with Gasteiger partial charge in [-0.2, -0.15) is 5.06 Å². The van der Waals surface area contributed by atoms with E-state index in [-0.39, 0.29) is 18.1 Å². The summed E-state index contributed by atoms with van der Waals surface area (Å²) in [6.07, 6.45) is 6.27. The maximum absolute atomic E-state index is 12.1. The predicted molar refractivity (Wildman–Crippen MR) is 84.5 cm³/mol. The molecule has 0 bridgehead atoms. The molecule has 1 fully saturated rings. The van der Waals surface area contributed by atoms with Gasteiger partial charge in [0.1, 0.15) is 0 Å². The van der Waals surface area contributed by atoms with Gasteiger partial charge in [-0.15, -0.1) is 6.42 Å². The normalized spacial score (nSPS) is 16.5. The number of anilines is 1. The van der Waals surface area contributed by atoms with E-state index in [1.165, 1.54) is 24.3 Å². The molecule has 1 aliphatic heterocycles. The van der Waals surface area contributed by atoms with E-state index in [0.29, 0.717) is 25.1 Å². The summed E-state index contributed by atoms with van der Waals surface area (Å²) in [6.45, 7) is 2.30. The molecule has 1 aliphatic rings. The van der Waals surface area contributed by atoms with Gasteiger partial charge < -0.3 is 14.4 Å². The van der Waals surface area contributed by atoms with Crippen molar-refractivity contribution in [2.24, 2.45) is 0 Å². The Hall–Kier alpha value is -2.29. The van der Waals surface area contributed by atoms with E-state index in [1.54, 1.807) is 6.92 Å². The summed E-state index contributed by atoms with van der Waals surface area (Å²) < 4.78 is 17.2. The first-order valence-electron chi connectivity index (χ1n) is 7.11. The third kappa shape index (κ3) is 4.35. The van der Waals surface area contributed by atoms with Crippen molar-refractivity contribution in [3.63, 3.8) is 0 Å². The Morgan fingerprint density at radius 1 is 1.43 bits per heavy atom. The first kappa shape index (κ1) is 17.1. The average Bonchev–Trinajstić information content (AvgIpc) is 2.93. The molecule has 1 unspecified atom stereocenters. The highest BCUT2D eigenvalue weighted by Crippen LogP contribution is 2.45. The molecule has 1 heterocycles. The van der Waals surface area contributed by atoms with Crippen LogP contribution >= 0.6 is 7.52 Å². The van der Waals surface area contributed by atoms with Crippen molar-refractivity contribution < 1.29 is 23.5 Å². The molecule has 2 rings (SSSR count). The van der Waals surface area contributed by atoms with Gasteiger partial charge in [0.2, 0.25) is 0 Å². The Bertz CT molecular complexity index is 680. The number of hydrogen-bond acceptors (Lipinski definition) is 5. The highest BCUT2D eigenvalue weighted by molar-refractivity contribution is 7.65. The van der Waals surface area contributed by atoms with Crippen molar-refractivity contribution in [2.75, 3.05) is 18.2 Å². The van der Waals surface area contributed by atoms with Gasteiger partial charge >= 0.3 is 13.5 Å². The molecule has 0 saturated carbocycles. The molecule has 1 saturated heterocycles. The highest BCUT2D eigenvalue weighted by atomic mass is 31.2. The van der Waals surface area contributed by atoms with E-state index in [0.717, 1.165) is 5.06 Å². The molecule has 23 heavy (non-hydrogen) atoms. The van der Waals surface area contributed by atoms with Crippen LogP contribution in [0.5, 0.6) is 0 Å². The van der Waals surface area contributed by atoms with Crippen LogP contribution in [0.1, 0.15) is 30.1 Å². The van der Waals surface area contributed by atoms with Crippen molar-refractivity contribution in [1.29, 1.82) is 0 Å². The Morgan fingerprint density at radius 3 is 2.65 bits per heavy atom. The molecule has 0 radical (unpaired) electrons. The predicted octanol–water partition coefficient (Wildman–Crippen LogP) is 2.61. The van der Waals surface area contributed by atoms with Crippen molar-refractivity contribution in [3.8, 4) is 12.1 Å². The minimum absolute atomic E-state index is 0.205. The number of rotatable bonds is 6. The molecule has 1 amide bonds. The van der Waals surface area contributed by atoms with Crippen LogP contribution < -0.4 is 5.09 Å². The number of benzene rings is 1. The summed E-state index contributed by atoms with van der Waals surface area (Å²) in [4.78, 5) is 28.4. The van der Waals surface area contributed by atoms with Crippen LogP contribution in [0.2, 0.25) is 0 Å². The van der Waals surface area contributed by atoms with Gasteiger partial charge in [-0.1, -0.05) is 0 Å². The Kier molecular flexibility index (Phi) is 5.43. The van der Waals surface area contributed by atoms with E-state index < -0.39 is 13.5 Å². The number of carbonyl (C=O) groups excluding carboxylic acids is 2. The van der Waals surface area contributed by atoms with E-state index in [9.17, 15) is 14.2 Å². The van der Waals surface area contributed by atoms with Crippen LogP contribution in [0.3, 0.4) is 0 Å². The van der Waals surface area contributed by atoms with Gasteiger partial charge in [-0.25, -0.2) is 4.79 Å². The largest absolute Gasteiger partial charge is 0.367 e. The van der Waals surface area contributed by atoms with Gasteiger partial charge in [-0.3, -0.25) is 9.36 Å². The summed E-state index contributed by atoms with van der Waals surface area (Å²) >= 11 is 0. The molecular weight excluding hydrogens is 319 g/mol. The molecule has 1 aromatic carbocycles. The van der Waals surface area contributed by atoms with Gasteiger partial charge in [0.05, 0.1) is 18.7 Å². The quantitative estimate of drug-likeness (QED) is 0.635. The zero-order valence-corrected chi connectivity index (χ0v) is 13.5. The highest BCUT2D eigenvalue weighted by Gasteiger charge is 2.25. The first-order chi connectivity index (χ1) is 11.0. The van der Waals surface area contributed by atoms with Gasteiger partial charge in [0, 0.05) is 17.8 Å². The number of carbonyl (C=O) groups is 2. The zero-order valence-electron chi connectivity index (χ0n) is 12.7. The third-order valence-electron chi connectivity index (χ3n) is 3.10. The van der Waals surface area contributed by atoms with Crippen LogP contribution in [0.15, 0.2) is 24.3 Å². The minimum atomic E-state index is -3.38. The Morgan fingerprint density at radius 2 is 2.13 bits per heavy atom. The molecule has 7 nitrogen and oxygen atoms in total. The van der Waals surface area contributed by atoms with E-state index >= 15 is 0 Å². The van der Waals surface area contributed by atoms with E-state index in [4.69, 9.17) is 15.8 Å². The second kappa shape index (κ2) is 7.32. The summed E-state index contributed by atoms with van der Waals surface area (Å²) in [5.41, 5.74) is 2.82. The lowest BCUT2D eigenvalue weighted by molar-refractivity contribution is -0.159. The molecule has 122 valence electrons. The van der Waals surface area contributed by atoms with Crippen LogP contribution in [0.4, 0.5) is 5.69 Å². The van der Waals surface area contributed by atoms with Crippen LogP contribution in [0, 0.1) is 12.1 Å². The molecule has 8 heteroatoms. The number of nitrogens with one attached hydrogen (secondary N) is 1. The van der Waals surface area contributed by atoms with Gasteiger partial charge in [-0.05, 0) is 37.6 Å². The smallest absolute Gasteiger partial charge is 0.333 e. The first-order valence-corrected chi connectivity index (χ1v) is 8.73. The van der Waals surface area contributed by atoms with Crippen LogP contribution in [-0.2, 0) is 18.7 Å². The zero-order chi connectivity index (χ0) is 16.9. The van der Waals surface area contributed by atoms with Gasteiger partial charge in [0.15, 0.2) is 0 Å². The van der Waals surface area contributed by atoms with E-state index in [2.05, 4.69) is 10.7 Å². The number of hydroxylamine groups is 2. The summed E-state index contributed by atoms with van der Waals surface area (Å²) in [5.74, 6) is -0.833. The SMILES string of the molecule is C#CP(=O)(Nc1ccc(C(=O)ON2CCCC2=O)cc1)OCC. The number of amides is 1. The second-order valence-electron chi connectivity index (χ2n) is 4.77. The lowest BCUT2D eigenvalue weighted by Crippen LogP contribution is -2.28. The van der Waals surface area contributed by atoms with Crippen molar-refractivity contribution in [1.82, 2.24) is 5.06 Å². The van der Waals surface area contributed by atoms with Crippen LogP contribution in [-0.4, -0.2) is 30.1 Å². The fourth-order valence-electron chi connectivity index (χ4n) is 2.01. The van der Waals surface area contributed by atoms with Crippen LogP contribution in [0.25, 0.3) is 0 Å². The maximum Gasteiger partial charge on any atom is 0.367 e.